The molecule has 0 radical (unpaired) electrons. The van der Waals surface area contributed by atoms with Gasteiger partial charge >= 0.3 is 6.09 Å². The van der Waals surface area contributed by atoms with Crippen LogP contribution in [0.4, 0.5) is 10.6 Å². The molecule has 138 valence electrons. The summed E-state index contributed by atoms with van der Waals surface area (Å²) in [5.41, 5.74) is 1.39. The molecule has 2 aromatic rings. The molecule has 1 aliphatic rings. The number of halogens is 1. The summed E-state index contributed by atoms with van der Waals surface area (Å²) in [6, 6.07) is 9.97. The van der Waals surface area contributed by atoms with E-state index in [1.807, 2.05) is 51.1 Å². The maximum atomic E-state index is 12.2. The summed E-state index contributed by atoms with van der Waals surface area (Å²) in [6.07, 6.45) is 2.24. The number of benzene rings is 1. The van der Waals surface area contributed by atoms with Crippen molar-refractivity contribution >= 4 is 23.5 Å². The van der Waals surface area contributed by atoms with E-state index in [-0.39, 0.29) is 17.4 Å². The molecule has 0 bridgehead atoms. The minimum Gasteiger partial charge on any atom is -0.444 e. The van der Waals surface area contributed by atoms with Gasteiger partial charge in [0, 0.05) is 30.9 Å². The van der Waals surface area contributed by atoms with E-state index < -0.39 is 5.60 Å². The van der Waals surface area contributed by atoms with Crippen LogP contribution in [0.15, 0.2) is 36.5 Å². The van der Waals surface area contributed by atoms with E-state index >= 15 is 0 Å². The Hall–Kier alpha value is -2.34. The molecular weight excluding hydrogens is 352 g/mol. The third-order valence-electron chi connectivity index (χ3n) is 4.02. The van der Waals surface area contributed by atoms with Gasteiger partial charge in [0.1, 0.15) is 11.4 Å². The number of carbonyl (C=O) groups excluding carboxylic acids is 1. The summed E-state index contributed by atoms with van der Waals surface area (Å²) < 4.78 is 5.44. The van der Waals surface area contributed by atoms with Gasteiger partial charge < -0.3 is 15.0 Å². The predicted octanol–water partition coefficient (Wildman–Crippen LogP) is 4.22. The number of hydrogen-bond acceptors (Lipinski definition) is 5. The molecule has 0 saturated carbocycles. The van der Waals surface area contributed by atoms with Crippen LogP contribution in [0, 0.1) is 0 Å². The van der Waals surface area contributed by atoms with Crippen LogP contribution in [0.25, 0.3) is 11.1 Å². The quantitative estimate of drug-likeness (QED) is 0.815. The number of aromatic nitrogens is 2. The third-order valence-corrected chi connectivity index (χ3v) is 4.21. The first-order chi connectivity index (χ1) is 12.3. The lowest BCUT2D eigenvalue weighted by Crippen LogP contribution is -2.36. The minimum atomic E-state index is -0.497. The van der Waals surface area contributed by atoms with E-state index in [9.17, 15) is 4.79 Å². The Morgan fingerprint density at radius 2 is 2.04 bits per heavy atom. The van der Waals surface area contributed by atoms with Crippen molar-refractivity contribution in [1.82, 2.24) is 14.9 Å². The zero-order valence-electron chi connectivity index (χ0n) is 15.2. The zero-order valence-corrected chi connectivity index (χ0v) is 16.0. The summed E-state index contributed by atoms with van der Waals surface area (Å²) in [7, 11) is 0. The third kappa shape index (κ3) is 4.64. The van der Waals surface area contributed by atoms with Crippen LogP contribution >= 0.6 is 11.6 Å². The average molecular weight is 375 g/mol. The number of ether oxygens (including phenoxy) is 1. The maximum Gasteiger partial charge on any atom is 0.410 e. The van der Waals surface area contributed by atoms with E-state index in [2.05, 4.69) is 15.3 Å². The van der Waals surface area contributed by atoms with Gasteiger partial charge in [0.05, 0.1) is 0 Å². The van der Waals surface area contributed by atoms with E-state index in [0.717, 1.165) is 17.5 Å². The second-order valence-corrected chi connectivity index (χ2v) is 7.66. The van der Waals surface area contributed by atoms with Gasteiger partial charge in [-0.25, -0.2) is 14.8 Å². The molecule has 0 spiro atoms. The fourth-order valence-electron chi connectivity index (χ4n) is 2.86. The van der Waals surface area contributed by atoms with Gasteiger partial charge in [-0.1, -0.05) is 30.3 Å². The molecule has 1 aromatic heterocycles. The van der Waals surface area contributed by atoms with Gasteiger partial charge in [-0.05, 0) is 44.4 Å². The number of rotatable bonds is 3. The highest BCUT2D eigenvalue weighted by Gasteiger charge is 2.30. The molecule has 26 heavy (non-hydrogen) atoms. The second kappa shape index (κ2) is 7.50. The van der Waals surface area contributed by atoms with Crippen LogP contribution < -0.4 is 5.32 Å². The fourth-order valence-corrected chi connectivity index (χ4v) is 3.00. The van der Waals surface area contributed by atoms with Crippen molar-refractivity contribution in [2.75, 3.05) is 18.4 Å². The summed E-state index contributed by atoms with van der Waals surface area (Å²) in [4.78, 5) is 22.4. The summed E-state index contributed by atoms with van der Waals surface area (Å²) in [6.45, 7) is 6.81. The largest absolute Gasteiger partial charge is 0.444 e. The van der Waals surface area contributed by atoms with Crippen LogP contribution in [0.1, 0.15) is 27.2 Å². The Balaban J connectivity index is 1.72. The molecule has 2 heterocycles. The Kier molecular flexibility index (Phi) is 5.32. The molecule has 1 aliphatic heterocycles. The molecule has 1 N–H and O–H groups in total. The van der Waals surface area contributed by atoms with Gasteiger partial charge in [-0.2, -0.15) is 0 Å². The molecule has 3 rings (SSSR count). The number of likely N-dealkylation sites (tertiary alicyclic amines) is 1. The number of hydrogen-bond donors (Lipinski definition) is 1. The number of anilines is 1. The molecule has 7 heteroatoms. The Morgan fingerprint density at radius 1 is 1.31 bits per heavy atom. The number of nitrogens with one attached hydrogen (secondary N) is 1. The van der Waals surface area contributed by atoms with Crippen LogP contribution in [0.5, 0.6) is 0 Å². The molecule has 1 fully saturated rings. The van der Waals surface area contributed by atoms with Crippen molar-refractivity contribution in [1.29, 1.82) is 0 Å². The number of amides is 1. The average Bonchev–Trinajstić information content (AvgIpc) is 3.03. The second-order valence-electron chi connectivity index (χ2n) is 7.32. The van der Waals surface area contributed by atoms with Crippen molar-refractivity contribution in [3.8, 4) is 11.1 Å². The Morgan fingerprint density at radius 3 is 2.73 bits per heavy atom. The first kappa shape index (κ1) is 18.5. The molecule has 1 aromatic carbocycles. The molecule has 6 nitrogen and oxygen atoms in total. The van der Waals surface area contributed by atoms with Crippen molar-refractivity contribution in [2.24, 2.45) is 0 Å². The molecule has 1 unspecified atom stereocenters. The standard InChI is InChI=1S/C19H23ClN4O2/c1-19(2,3)26-18(25)24-10-9-14(12-24)22-16-15(11-21-17(20)23-16)13-7-5-4-6-8-13/h4-8,11,14H,9-10,12H2,1-3H3,(H,21,22,23). The van der Waals surface area contributed by atoms with Crippen LogP contribution in [0.3, 0.4) is 0 Å². The number of carbonyl (C=O) groups is 1. The Labute approximate surface area is 158 Å². The van der Waals surface area contributed by atoms with Crippen molar-refractivity contribution < 1.29 is 9.53 Å². The van der Waals surface area contributed by atoms with Crippen LogP contribution in [-0.2, 0) is 4.74 Å². The van der Waals surface area contributed by atoms with Gasteiger partial charge in [0.15, 0.2) is 0 Å². The lowest BCUT2D eigenvalue weighted by Gasteiger charge is -2.24. The van der Waals surface area contributed by atoms with Gasteiger partial charge in [0.25, 0.3) is 0 Å². The molecule has 1 saturated heterocycles. The Bertz CT molecular complexity index is 777. The lowest BCUT2D eigenvalue weighted by atomic mass is 10.1. The monoisotopic (exact) mass is 374 g/mol. The van der Waals surface area contributed by atoms with E-state index in [1.165, 1.54) is 0 Å². The normalized spacial score (nSPS) is 17.2. The van der Waals surface area contributed by atoms with Gasteiger partial charge in [-0.15, -0.1) is 0 Å². The molecule has 1 atom stereocenters. The van der Waals surface area contributed by atoms with Crippen LogP contribution in [-0.4, -0.2) is 45.7 Å². The first-order valence-corrected chi connectivity index (χ1v) is 9.02. The topological polar surface area (TPSA) is 67.3 Å². The molecular formula is C19H23ClN4O2. The predicted molar refractivity (Wildman–Crippen MR) is 102 cm³/mol. The summed E-state index contributed by atoms with van der Waals surface area (Å²) >= 11 is 5.99. The smallest absolute Gasteiger partial charge is 0.410 e. The highest BCUT2D eigenvalue weighted by atomic mass is 35.5. The van der Waals surface area contributed by atoms with E-state index in [1.54, 1.807) is 11.1 Å². The van der Waals surface area contributed by atoms with Crippen molar-refractivity contribution in [2.45, 2.75) is 38.8 Å². The van der Waals surface area contributed by atoms with Crippen LogP contribution in [0.2, 0.25) is 5.28 Å². The number of nitrogens with zero attached hydrogens (tertiary/aromatic N) is 3. The highest BCUT2D eigenvalue weighted by Crippen LogP contribution is 2.28. The minimum absolute atomic E-state index is 0.0796. The summed E-state index contributed by atoms with van der Waals surface area (Å²) in [5.74, 6) is 0.673. The van der Waals surface area contributed by atoms with Crippen molar-refractivity contribution in [3.63, 3.8) is 0 Å². The molecule has 1 amide bonds. The fraction of sp³-hybridized carbons (Fsp3) is 0.421. The van der Waals surface area contributed by atoms with Gasteiger partial charge in [0.2, 0.25) is 5.28 Å². The maximum absolute atomic E-state index is 12.2. The lowest BCUT2D eigenvalue weighted by molar-refractivity contribution is 0.0293. The SMILES string of the molecule is CC(C)(C)OC(=O)N1CCC(Nc2nc(Cl)ncc2-c2ccccc2)C1. The first-order valence-electron chi connectivity index (χ1n) is 8.64. The van der Waals surface area contributed by atoms with E-state index in [4.69, 9.17) is 16.3 Å². The molecule has 0 aliphatic carbocycles. The van der Waals surface area contributed by atoms with Gasteiger partial charge in [-0.3, -0.25) is 0 Å². The van der Waals surface area contributed by atoms with E-state index in [0.29, 0.717) is 18.9 Å². The summed E-state index contributed by atoms with van der Waals surface area (Å²) in [5, 5.41) is 3.60. The highest BCUT2D eigenvalue weighted by molar-refractivity contribution is 6.28. The zero-order chi connectivity index (χ0) is 18.7. The van der Waals surface area contributed by atoms with Crippen molar-refractivity contribution in [3.05, 3.63) is 41.8 Å².